The van der Waals surface area contributed by atoms with Gasteiger partial charge in [0.2, 0.25) is 0 Å². The van der Waals surface area contributed by atoms with Crippen LogP contribution in [0.25, 0.3) is 22.2 Å². The molecule has 0 amide bonds. The lowest BCUT2D eigenvalue weighted by Crippen LogP contribution is -2.19. The van der Waals surface area contributed by atoms with Gasteiger partial charge in [0.05, 0.1) is 16.5 Å². The third kappa shape index (κ3) is 4.19. The molecule has 1 N–H and O–H groups in total. The fraction of sp³-hybridized carbons (Fsp3) is 0.316. The van der Waals surface area contributed by atoms with Crippen molar-refractivity contribution in [1.82, 2.24) is 14.5 Å². The molecular formula is C19H17F4N3O2. The summed E-state index contributed by atoms with van der Waals surface area (Å²) in [5.74, 6) is -0.983. The Bertz CT molecular complexity index is 1030. The normalized spacial score (nSPS) is 11.9. The summed E-state index contributed by atoms with van der Waals surface area (Å²) in [6, 6.07) is 4.04. The van der Waals surface area contributed by atoms with Crippen molar-refractivity contribution in [2.45, 2.75) is 32.0 Å². The Balaban J connectivity index is 1.94. The van der Waals surface area contributed by atoms with E-state index in [4.69, 9.17) is 5.11 Å². The summed E-state index contributed by atoms with van der Waals surface area (Å²) < 4.78 is 53.9. The van der Waals surface area contributed by atoms with Crippen molar-refractivity contribution in [3.05, 3.63) is 58.5 Å². The molecule has 2 heterocycles. The van der Waals surface area contributed by atoms with E-state index < -0.39 is 17.6 Å². The van der Waals surface area contributed by atoms with Gasteiger partial charge in [0, 0.05) is 31.7 Å². The zero-order valence-corrected chi connectivity index (χ0v) is 14.7. The number of aromatic nitrogens is 3. The van der Waals surface area contributed by atoms with Crippen molar-refractivity contribution in [1.29, 1.82) is 0 Å². The lowest BCUT2D eigenvalue weighted by atomic mass is 10.1. The number of pyridine rings is 1. The highest BCUT2D eigenvalue weighted by Gasteiger charge is 2.31. The van der Waals surface area contributed by atoms with E-state index in [9.17, 15) is 22.4 Å². The minimum Gasteiger partial charge on any atom is -0.396 e. The SMILES string of the molecule is O=c1c2cc(F)c(-c3ncc(C(F)(F)F)cn3)cc2ccn1CCCCCO. The third-order valence-corrected chi connectivity index (χ3v) is 4.34. The first kappa shape index (κ1) is 19.9. The topological polar surface area (TPSA) is 68.0 Å². The molecule has 148 valence electrons. The van der Waals surface area contributed by atoms with Crippen LogP contribution in [-0.2, 0) is 12.7 Å². The van der Waals surface area contributed by atoms with Crippen molar-refractivity contribution in [3.63, 3.8) is 0 Å². The Hall–Kier alpha value is -2.81. The predicted octanol–water partition coefficient (Wildman–Crippen LogP) is 3.78. The molecule has 0 aliphatic carbocycles. The maximum absolute atomic E-state index is 14.5. The van der Waals surface area contributed by atoms with E-state index in [2.05, 4.69) is 9.97 Å². The fourth-order valence-corrected chi connectivity index (χ4v) is 2.84. The summed E-state index contributed by atoms with van der Waals surface area (Å²) in [6.07, 6.45) is 0.299. The lowest BCUT2D eigenvalue weighted by Gasteiger charge is -2.10. The van der Waals surface area contributed by atoms with Crippen LogP contribution in [0.5, 0.6) is 0 Å². The minimum atomic E-state index is -4.58. The van der Waals surface area contributed by atoms with Crippen LogP contribution in [0.2, 0.25) is 0 Å². The van der Waals surface area contributed by atoms with Gasteiger partial charge in [-0.25, -0.2) is 14.4 Å². The number of unbranched alkanes of at least 4 members (excludes halogenated alkanes) is 2. The number of aryl methyl sites for hydroxylation is 1. The second-order valence-corrected chi connectivity index (χ2v) is 6.31. The zero-order chi connectivity index (χ0) is 20.3. The summed E-state index contributed by atoms with van der Waals surface area (Å²) >= 11 is 0. The number of nitrogens with zero attached hydrogens (tertiary/aromatic N) is 3. The first-order valence-corrected chi connectivity index (χ1v) is 8.64. The number of rotatable bonds is 6. The molecule has 0 atom stereocenters. The van der Waals surface area contributed by atoms with Gasteiger partial charge < -0.3 is 9.67 Å². The maximum atomic E-state index is 14.5. The zero-order valence-electron chi connectivity index (χ0n) is 14.7. The fourth-order valence-electron chi connectivity index (χ4n) is 2.84. The Morgan fingerprint density at radius 1 is 1.07 bits per heavy atom. The van der Waals surface area contributed by atoms with Crippen LogP contribution >= 0.6 is 0 Å². The van der Waals surface area contributed by atoms with Crippen molar-refractivity contribution < 1.29 is 22.7 Å². The standard InChI is InChI=1S/C19H17F4N3O2/c20-16-9-14-12(4-6-26(18(14)28)5-2-1-3-7-27)8-15(16)17-24-10-13(11-25-17)19(21,22)23/h4,6,8-11,27H,1-3,5,7H2. The van der Waals surface area contributed by atoms with E-state index in [1.807, 2.05) is 0 Å². The van der Waals surface area contributed by atoms with Crippen molar-refractivity contribution in [2.75, 3.05) is 6.61 Å². The molecule has 0 aliphatic heterocycles. The lowest BCUT2D eigenvalue weighted by molar-refractivity contribution is -0.138. The number of fused-ring (bicyclic) bond motifs is 1. The van der Waals surface area contributed by atoms with Crippen LogP contribution in [-0.4, -0.2) is 26.2 Å². The molecule has 0 fully saturated rings. The van der Waals surface area contributed by atoms with Gasteiger partial charge in [0.1, 0.15) is 5.82 Å². The maximum Gasteiger partial charge on any atom is 0.419 e. The largest absolute Gasteiger partial charge is 0.419 e. The Morgan fingerprint density at radius 2 is 1.79 bits per heavy atom. The van der Waals surface area contributed by atoms with Gasteiger partial charge in [-0.3, -0.25) is 4.79 Å². The highest BCUT2D eigenvalue weighted by atomic mass is 19.4. The van der Waals surface area contributed by atoms with E-state index in [0.29, 0.717) is 37.2 Å². The molecular weight excluding hydrogens is 378 g/mol. The molecule has 9 heteroatoms. The van der Waals surface area contributed by atoms with Crippen molar-refractivity contribution in [2.24, 2.45) is 0 Å². The molecule has 0 radical (unpaired) electrons. The van der Waals surface area contributed by atoms with Gasteiger partial charge in [0.15, 0.2) is 5.82 Å². The molecule has 28 heavy (non-hydrogen) atoms. The molecule has 3 aromatic rings. The molecule has 3 rings (SSSR count). The summed E-state index contributed by atoms with van der Waals surface area (Å²) in [4.78, 5) is 19.8. The number of hydrogen-bond donors (Lipinski definition) is 1. The van der Waals surface area contributed by atoms with E-state index in [-0.39, 0.29) is 28.9 Å². The number of aliphatic hydroxyl groups excluding tert-OH is 1. The van der Waals surface area contributed by atoms with Gasteiger partial charge in [-0.05, 0) is 42.8 Å². The molecule has 5 nitrogen and oxygen atoms in total. The van der Waals surface area contributed by atoms with Crippen molar-refractivity contribution >= 4 is 10.8 Å². The first-order chi connectivity index (χ1) is 13.3. The van der Waals surface area contributed by atoms with Crippen LogP contribution < -0.4 is 5.56 Å². The van der Waals surface area contributed by atoms with Gasteiger partial charge >= 0.3 is 6.18 Å². The van der Waals surface area contributed by atoms with Crippen molar-refractivity contribution in [3.8, 4) is 11.4 Å². The number of hydrogen-bond acceptors (Lipinski definition) is 4. The Kier molecular flexibility index (Phi) is 5.73. The molecule has 0 bridgehead atoms. The van der Waals surface area contributed by atoms with Gasteiger partial charge in [-0.1, -0.05) is 0 Å². The Labute approximate surface area is 157 Å². The molecule has 0 saturated heterocycles. The molecule has 0 unspecified atom stereocenters. The quantitative estimate of drug-likeness (QED) is 0.510. The average molecular weight is 395 g/mol. The first-order valence-electron chi connectivity index (χ1n) is 8.64. The summed E-state index contributed by atoms with van der Waals surface area (Å²) in [5.41, 5.74) is -1.47. The third-order valence-electron chi connectivity index (χ3n) is 4.34. The monoisotopic (exact) mass is 395 g/mol. The number of aliphatic hydroxyl groups is 1. The summed E-state index contributed by atoms with van der Waals surface area (Å²) in [5, 5.41) is 9.39. The van der Waals surface area contributed by atoms with Crippen LogP contribution in [0.1, 0.15) is 24.8 Å². The van der Waals surface area contributed by atoms with Crippen LogP contribution in [0, 0.1) is 5.82 Å². The highest BCUT2D eigenvalue weighted by molar-refractivity contribution is 5.85. The summed E-state index contributed by atoms with van der Waals surface area (Å²) in [6.45, 7) is 0.535. The average Bonchev–Trinajstić information content (AvgIpc) is 2.66. The van der Waals surface area contributed by atoms with Crippen LogP contribution in [0.3, 0.4) is 0 Å². The van der Waals surface area contributed by atoms with E-state index in [1.54, 1.807) is 12.3 Å². The van der Waals surface area contributed by atoms with Crippen LogP contribution in [0.4, 0.5) is 17.6 Å². The van der Waals surface area contributed by atoms with E-state index >= 15 is 0 Å². The minimum absolute atomic E-state index is 0.0821. The second-order valence-electron chi connectivity index (χ2n) is 6.31. The molecule has 0 aliphatic rings. The summed E-state index contributed by atoms with van der Waals surface area (Å²) in [7, 11) is 0. The van der Waals surface area contributed by atoms with Crippen LogP contribution in [0.15, 0.2) is 41.6 Å². The number of alkyl halides is 3. The molecule has 0 saturated carbocycles. The molecule has 0 spiro atoms. The molecule has 1 aromatic carbocycles. The predicted molar refractivity (Wildman–Crippen MR) is 95.1 cm³/mol. The van der Waals surface area contributed by atoms with E-state index in [1.165, 1.54) is 10.6 Å². The highest BCUT2D eigenvalue weighted by Crippen LogP contribution is 2.29. The Morgan fingerprint density at radius 3 is 2.43 bits per heavy atom. The van der Waals surface area contributed by atoms with Gasteiger partial charge in [0.25, 0.3) is 5.56 Å². The van der Waals surface area contributed by atoms with Gasteiger partial charge in [-0.15, -0.1) is 0 Å². The molecule has 2 aromatic heterocycles. The number of benzene rings is 1. The van der Waals surface area contributed by atoms with Gasteiger partial charge in [-0.2, -0.15) is 13.2 Å². The second kappa shape index (κ2) is 8.05. The van der Waals surface area contributed by atoms with E-state index in [0.717, 1.165) is 12.5 Å². The smallest absolute Gasteiger partial charge is 0.396 e. The number of halogens is 4.